The number of primary amides is 1. The highest BCUT2D eigenvalue weighted by atomic mass is 32.2. The minimum absolute atomic E-state index is 0.227. The van der Waals surface area contributed by atoms with Crippen molar-refractivity contribution in [3.63, 3.8) is 0 Å². The number of carbonyl (C=O) groups excluding carboxylic acids is 1. The summed E-state index contributed by atoms with van der Waals surface area (Å²) in [5, 5.41) is 9.61. The number of hydrogen-bond acceptors (Lipinski definition) is 5. The number of nitrogens with two attached hydrogens (primary N) is 1. The van der Waals surface area contributed by atoms with Gasteiger partial charge in [0.15, 0.2) is 5.16 Å². The Hall–Kier alpha value is -2.54. The Kier molecular flexibility index (Phi) is 5.55. The third-order valence-corrected chi connectivity index (χ3v) is 4.97. The van der Waals surface area contributed by atoms with E-state index in [1.165, 1.54) is 5.56 Å². The van der Waals surface area contributed by atoms with Gasteiger partial charge in [-0.1, -0.05) is 42.1 Å². The third kappa shape index (κ3) is 4.51. The van der Waals surface area contributed by atoms with E-state index in [-0.39, 0.29) is 17.6 Å². The first-order valence-electron chi connectivity index (χ1n) is 8.08. The van der Waals surface area contributed by atoms with Gasteiger partial charge in [-0.25, -0.2) is 0 Å². The Morgan fingerprint density at radius 1 is 1.24 bits per heavy atom. The fourth-order valence-corrected chi connectivity index (χ4v) is 3.49. The molecule has 3 rings (SSSR count). The maximum absolute atomic E-state index is 11.1. The minimum Gasteiger partial charge on any atom is -0.467 e. The van der Waals surface area contributed by atoms with Gasteiger partial charge >= 0.3 is 0 Å². The second kappa shape index (κ2) is 8.02. The molecule has 0 aliphatic heterocycles. The van der Waals surface area contributed by atoms with Gasteiger partial charge in [-0.05, 0) is 24.6 Å². The van der Waals surface area contributed by atoms with Crippen LogP contribution in [0.5, 0.6) is 0 Å². The zero-order valence-electron chi connectivity index (χ0n) is 14.0. The van der Waals surface area contributed by atoms with Crippen molar-refractivity contribution in [2.75, 3.05) is 0 Å². The molecule has 0 saturated carbocycles. The van der Waals surface area contributed by atoms with Crippen LogP contribution in [0, 0.1) is 0 Å². The van der Waals surface area contributed by atoms with Crippen molar-refractivity contribution < 1.29 is 9.21 Å². The van der Waals surface area contributed by atoms with Crippen LogP contribution in [0.2, 0.25) is 0 Å². The fourth-order valence-electron chi connectivity index (χ4n) is 2.49. The van der Waals surface area contributed by atoms with Crippen molar-refractivity contribution >= 4 is 17.7 Å². The van der Waals surface area contributed by atoms with Gasteiger partial charge < -0.3 is 10.2 Å². The minimum atomic E-state index is -0.348. The molecule has 1 aromatic carbocycles. The highest BCUT2D eigenvalue weighted by Gasteiger charge is 2.18. The van der Waals surface area contributed by atoms with Crippen LogP contribution >= 0.6 is 11.8 Å². The number of nitrogens with zero attached hydrogens (tertiary/aromatic N) is 3. The van der Waals surface area contributed by atoms with Crippen LogP contribution in [0.3, 0.4) is 0 Å². The predicted octanol–water partition coefficient (Wildman–Crippen LogP) is 3.19. The van der Waals surface area contributed by atoms with E-state index in [0.717, 1.165) is 16.7 Å². The maximum Gasteiger partial charge on any atom is 0.217 e. The van der Waals surface area contributed by atoms with E-state index < -0.39 is 0 Å². The lowest BCUT2D eigenvalue weighted by Crippen LogP contribution is -2.14. The predicted molar refractivity (Wildman–Crippen MR) is 96.1 cm³/mol. The van der Waals surface area contributed by atoms with E-state index in [9.17, 15) is 4.79 Å². The zero-order chi connectivity index (χ0) is 17.6. The quantitative estimate of drug-likeness (QED) is 0.626. The highest BCUT2D eigenvalue weighted by Crippen LogP contribution is 2.34. The number of thioether (sulfide) groups is 1. The number of amides is 1. The standard InChI is InChI=1S/C18H20N4O2S/c1-13(14-6-3-2-4-7-14)25-18-21-20-17(10-9-16(19)23)22(18)12-15-8-5-11-24-15/h2-8,11,13H,9-10,12H2,1H3,(H2,19,23). The highest BCUT2D eigenvalue weighted by molar-refractivity contribution is 7.99. The number of furan rings is 1. The van der Waals surface area contributed by atoms with Crippen LogP contribution < -0.4 is 5.73 Å². The molecule has 1 atom stereocenters. The van der Waals surface area contributed by atoms with Gasteiger partial charge in [-0.3, -0.25) is 9.36 Å². The molecular formula is C18H20N4O2S. The summed E-state index contributed by atoms with van der Waals surface area (Å²) in [6.45, 7) is 2.66. The Bertz CT molecular complexity index is 815. The summed E-state index contributed by atoms with van der Waals surface area (Å²) >= 11 is 1.63. The number of hydrogen-bond donors (Lipinski definition) is 1. The molecule has 0 aliphatic rings. The molecule has 0 radical (unpaired) electrons. The average Bonchev–Trinajstić information content (AvgIpc) is 3.25. The first kappa shape index (κ1) is 17.3. The van der Waals surface area contributed by atoms with Gasteiger partial charge in [0.1, 0.15) is 11.6 Å². The van der Waals surface area contributed by atoms with E-state index >= 15 is 0 Å². The molecule has 1 amide bonds. The summed E-state index contributed by atoms with van der Waals surface area (Å²) < 4.78 is 7.45. The Morgan fingerprint density at radius 2 is 2.04 bits per heavy atom. The van der Waals surface area contributed by atoms with Crippen LogP contribution in [0.15, 0.2) is 58.3 Å². The van der Waals surface area contributed by atoms with Crippen LogP contribution in [0.1, 0.15) is 35.7 Å². The SMILES string of the molecule is CC(Sc1nnc(CCC(N)=O)n1Cc1ccco1)c1ccccc1. The summed E-state index contributed by atoms with van der Waals surface area (Å²) in [5.74, 6) is 1.20. The van der Waals surface area contributed by atoms with E-state index in [0.29, 0.717) is 13.0 Å². The molecule has 0 aliphatic carbocycles. The van der Waals surface area contributed by atoms with Crippen LogP contribution in [-0.4, -0.2) is 20.7 Å². The Morgan fingerprint density at radius 3 is 2.72 bits per heavy atom. The van der Waals surface area contributed by atoms with Gasteiger partial charge in [0, 0.05) is 18.1 Å². The lowest BCUT2D eigenvalue weighted by Gasteiger charge is -2.13. The molecule has 25 heavy (non-hydrogen) atoms. The molecule has 130 valence electrons. The van der Waals surface area contributed by atoms with Crippen molar-refractivity contribution in [2.24, 2.45) is 5.73 Å². The summed E-state index contributed by atoms with van der Waals surface area (Å²) in [7, 11) is 0. The van der Waals surface area contributed by atoms with Gasteiger partial charge in [0.05, 0.1) is 12.8 Å². The Labute approximate surface area is 150 Å². The number of aryl methyl sites for hydroxylation is 1. The number of rotatable bonds is 8. The summed E-state index contributed by atoms with van der Waals surface area (Å²) in [5.41, 5.74) is 6.49. The van der Waals surface area contributed by atoms with Crippen LogP contribution in [0.4, 0.5) is 0 Å². The molecule has 6 nitrogen and oxygen atoms in total. The fraction of sp³-hybridized carbons (Fsp3) is 0.278. The smallest absolute Gasteiger partial charge is 0.217 e. The number of aromatic nitrogens is 3. The van der Waals surface area contributed by atoms with Gasteiger partial charge in [-0.15, -0.1) is 10.2 Å². The normalized spacial score (nSPS) is 12.2. The van der Waals surface area contributed by atoms with Gasteiger partial charge in [0.25, 0.3) is 0 Å². The second-order valence-corrected chi connectivity index (χ2v) is 7.01. The van der Waals surface area contributed by atoms with E-state index in [1.807, 2.05) is 34.9 Å². The molecule has 0 fully saturated rings. The lowest BCUT2D eigenvalue weighted by molar-refractivity contribution is -0.118. The van der Waals surface area contributed by atoms with E-state index in [2.05, 4.69) is 29.3 Å². The largest absolute Gasteiger partial charge is 0.467 e. The average molecular weight is 356 g/mol. The second-order valence-electron chi connectivity index (χ2n) is 5.70. The third-order valence-electron chi connectivity index (χ3n) is 3.83. The zero-order valence-corrected chi connectivity index (χ0v) is 14.8. The van der Waals surface area contributed by atoms with Crippen molar-refractivity contribution in [1.82, 2.24) is 14.8 Å². The maximum atomic E-state index is 11.1. The monoisotopic (exact) mass is 356 g/mol. The molecule has 0 saturated heterocycles. The molecule has 7 heteroatoms. The van der Waals surface area contributed by atoms with Crippen molar-refractivity contribution in [2.45, 2.75) is 36.7 Å². The summed E-state index contributed by atoms with van der Waals surface area (Å²) in [6, 6.07) is 14.0. The molecule has 1 unspecified atom stereocenters. The van der Waals surface area contributed by atoms with Gasteiger partial charge in [0.2, 0.25) is 5.91 Å². The Balaban J connectivity index is 1.83. The van der Waals surface area contributed by atoms with Gasteiger partial charge in [-0.2, -0.15) is 0 Å². The summed E-state index contributed by atoms with van der Waals surface area (Å²) in [6.07, 6.45) is 2.35. The topological polar surface area (TPSA) is 86.9 Å². The number of benzene rings is 1. The lowest BCUT2D eigenvalue weighted by atomic mass is 10.2. The molecule has 3 aromatic rings. The van der Waals surface area contributed by atoms with E-state index in [4.69, 9.17) is 10.2 Å². The molecule has 2 N–H and O–H groups in total. The first-order chi connectivity index (χ1) is 12.1. The van der Waals surface area contributed by atoms with E-state index in [1.54, 1.807) is 18.0 Å². The molecule has 2 heterocycles. The summed E-state index contributed by atoms with van der Waals surface area (Å²) in [4.78, 5) is 11.1. The van der Waals surface area contributed by atoms with Crippen LogP contribution in [0.25, 0.3) is 0 Å². The molecule has 0 bridgehead atoms. The van der Waals surface area contributed by atoms with Crippen molar-refractivity contribution in [1.29, 1.82) is 0 Å². The number of carbonyl (C=O) groups is 1. The van der Waals surface area contributed by atoms with Crippen LogP contribution in [-0.2, 0) is 17.8 Å². The van der Waals surface area contributed by atoms with Crippen molar-refractivity contribution in [3.05, 3.63) is 65.9 Å². The molecule has 0 spiro atoms. The van der Waals surface area contributed by atoms with Crippen molar-refractivity contribution in [3.8, 4) is 0 Å². The molecule has 2 aromatic heterocycles. The molecular weight excluding hydrogens is 336 g/mol. The first-order valence-corrected chi connectivity index (χ1v) is 8.96.